The minimum absolute atomic E-state index is 0.130. The Hall–Kier alpha value is -3.48. The molecule has 6 nitrogen and oxygen atoms in total. The van der Waals surface area contributed by atoms with Crippen LogP contribution in [0, 0.1) is 12.7 Å². The number of fused-ring (bicyclic) bond motifs is 1. The van der Waals surface area contributed by atoms with E-state index in [1.54, 1.807) is 11.0 Å². The number of benzene rings is 2. The van der Waals surface area contributed by atoms with Gasteiger partial charge in [-0.05, 0) is 37.1 Å². The van der Waals surface area contributed by atoms with Gasteiger partial charge in [0.15, 0.2) is 11.4 Å². The Morgan fingerprint density at radius 2 is 1.87 bits per heavy atom. The van der Waals surface area contributed by atoms with Crippen LogP contribution in [0.4, 0.5) is 4.39 Å². The molecule has 2 heterocycles. The Morgan fingerprint density at radius 1 is 1.17 bits per heavy atom. The molecule has 0 fully saturated rings. The zero-order chi connectivity index (χ0) is 21.4. The number of hydrogen-bond acceptors (Lipinski definition) is 4. The van der Waals surface area contributed by atoms with Crippen LogP contribution in [0.2, 0.25) is 0 Å². The summed E-state index contributed by atoms with van der Waals surface area (Å²) in [5.74, 6) is -1.77. The van der Waals surface area contributed by atoms with E-state index in [1.807, 2.05) is 44.2 Å². The highest BCUT2D eigenvalue weighted by atomic mass is 19.1. The lowest BCUT2D eigenvalue weighted by atomic mass is 9.83. The molecule has 4 rings (SSSR count). The van der Waals surface area contributed by atoms with E-state index in [9.17, 15) is 19.1 Å². The van der Waals surface area contributed by atoms with Gasteiger partial charge in [-0.2, -0.15) is 5.10 Å². The SMILES string of the molecule is CCN1C[C@H](C(c2cccc(C)c2)c2cccc(F)c2)n2ncc(=O)c(O)c2C1=O. The second-order valence-corrected chi connectivity index (χ2v) is 7.51. The zero-order valence-electron chi connectivity index (χ0n) is 16.7. The fraction of sp³-hybridized carbons (Fsp3) is 0.261. The van der Waals surface area contributed by atoms with Crippen LogP contribution in [0.3, 0.4) is 0 Å². The van der Waals surface area contributed by atoms with Gasteiger partial charge in [0.1, 0.15) is 5.82 Å². The molecule has 1 aliphatic rings. The lowest BCUT2D eigenvalue weighted by Crippen LogP contribution is -2.46. The van der Waals surface area contributed by atoms with Gasteiger partial charge in [-0.1, -0.05) is 42.0 Å². The number of aromatic hydroxyl groups is 1. The quantitative estimate of drug-likeness (QED) is 0.721. The summed E-state index contributed by atoms with van der Waals surface area (Å²) in [7, 11) is 0. The zero-order valence-corrected chi connectivity index (χ0v) is 16.7. The normalized spacial score (nSPS) is 17.0. The third-order valence-electron chi connectivity index (χ3n) is 5.57. The standard InChI is InChI=1S/C23H22FN3O3/c1-3-26-13-18(27-21(23(26)30)22(29)19(28)12-25-27)20(15-7-4-6-14(2)10-15)16-8-5-9-17(24)11-16/h4-12,18,20,29H,3,13H2,1-2H3/t18-,20?/m1/s1. The molecular weight excluding hydrogens is 385 g/mol. The molecule has 0 saturated heterocycles. The van der Waals surface area contributed by atoms with Crippen molar-refractivity contribution in [1.82, 2.24) is 14.7 Å². The largest absolute Gasteiger partial charge is 0.502 e. The van der Waals surface area contributed by atoms with E-state index in [1.165, 1.54) is 16.8 Å². The van der Waals surface area contributed by atoms with Gasteiger partial charge in [-0.3, -0.25) is 14.3 Å². The lowest BCUT2D eigenvalue weighted by Gasteiger charge is -2.39. The molecular formula is C23H22FN3O3. The predicted octanol–water partition coefficient (Wildman–Crippen LogP) is 3.25. The van der Waals surface area contributed by atoms with Gasteiger partial charge in [-0.25, -0.2) is 4.39 Å². The molecule has 0 aliphatic carbocycles. The molecule has 1 aliphatic heterocycles. The van der Waals surface area contributed by atoms with Gasteiger partial charge in [0.05, 0.1) is 12.2 Å². The number of halogens is 1. The fourth-order valence-corrected chi connectivity index (χ4v) is 4.16. The van der Waals surface area contributed by atoms with Crippen LogP contribution in [-0.4, -0.2) is 38.8 Å². The Morgan fingerprint density at radius 3 is 2.53 bits per heavy atom. The van der Waals surface area contributed by atoms with Gasteiger partial charge >= 0.3 is 0 Å². The van der Waals surface area contributed by atoms with Crippen molar-refractivity contribution in [3.8, 4) is 5.75 Å². The molecule has 0 bridgehead atoms. The first kappa shape index (κ1) is 19.8. The number of nitrogens with zero attached hydrogens (tertiary/aromatic N) is 3. The number of likely N-dealkylation sites (N-methyl/N-ethyl adjacent to an activating group) is 1. The molecule has 1 aromatic heterocycles. The van der Waals surface area contributed by atoms with Crippen LogP contribution < -0.4 is 5.43 Å². The highest BCUT2D eigenvalue weighted by molar-refractivity contribution is 5.95. The summed E-state index contributed by atoms with van der Waals surface area (Å²) >= 11 is 0. The van der Waals surface area contributed by atoms with E-state index in [2.05, 4.69) is 5.10 Å². The van der Waals surface area contributed by atoms with Gasteiger partial charge in [0.25, 0.3) is 5.91 Å². The predicted molar refractivity (Wildman–Crippen MR) is 110 cm³/mol. The van der Waals surface area contributed by atoms with Crippen molar-refractivity contribution >= 4 is 5.91 Å². The number of hydrogen-bond donors (Lipinski definition) is 1. The maximum absolute atomic E-state index is 14.1. The summed E-state index contributed by atoms with van der Waals surface area (Å²) < 4.78 is 15.6. The van der Waals surface area contributed by atoms with E-state index in [4.69, 9.17) is 0 Å². The molecule has 30 heavy (non-hydrogen) atoms. The minimum Gasteiger partial charge on any atom is -0.502 e. The third-order valence-corrected chi connectivity index (χ3v) is 5.57. The summed E-state index contributed by atoms with van der Waals surface area (Å²) in [6, 6.07) is 13.8. The number of carbonyl (C=O) groups is 1. The van der Waals surface area contributed by atoms with Crippen molar-refractivity contribution < 1.29 is 14.3 Å². The van der Waals surface area contributed by atoms with E-state index >= 15 is 0 Å². The first-order chi connectivity index (χ1) is 14.4. The van der Waals surface area contributed by atoms with Crippen molar-refractivity contribution in [2.24, 2.45) is 0 Å². The Labute approximate surface area is 173 Å². The monoisotopic (exact) mass is 407 g/mol. The summed E-state index contributed by atoms with van der Waals surface area (Å²) in [5.41, 5.74) is 1.87. The minimum atomic E-state index is -0.704. The Balaban J connectivity index is 1.97. The summed E-state index contributed by atoms with van der Waals surface area (Å²) in [6.45, 7) is 4.53. The maximum atomic E-state index is 14.1. The van der Waals surface area contributed by atoms with Crippen molar-refractivity contribution in [1.29, 1.82) is 0 Å². The second kappa shape index (κ2) is 7.74. The van der Waals surface area contributed by atoms with Gasteiger partial charge < -0.3 is 10.0 Å². The number of amides is 1. The first-order valence-electron chi connectivity index (χ1n) is 9.82. The fourth-order valence-electron chi connectivity index (χ4n) is 4.16. The van der Waals surface area contributed by atoms with Crippen molar-refractivity contribution in [2.45, 2.75) is 25.8 Å². The number of rotatable bonds is 4. The summed E-state index contributed by atoms with van der Waals surface area (Å²) in [6.07, 6.45) is 1.01. The van der Waals surface area contributed by atoms with E-state index in [0.29, 0.717) is 13.1 Å². The number of carbonyl (C=O) groups excluding carboxylic acids is 1. The van der Waals surface area contributed by atoms with Crippen LogP contribution in [0.25, 0.3) is 0 Å². The topological polar surface area (TPSA) is 75.4 Å². The summed E-state index contributed by atoms with van der Waals surface area (Å²) in [5, 5.41) is 14.6. The van der Waals surface area contributed by atoms with Crippen LogP contribution in [-0.2, 0) is 0 Å². The van der Waals surface area contributed by atoms with Crippen LogP contribution in [0.5, 0.6) is 5.75 Å². The average molecular weight is 407 g/mol. The molecule has 1 N–H and O–H groups in total. The smallest absolute Gasteiger partial charge is 0.276 e. The summed E-state index contributed by atoms with van der Waals surface area (Å²) in [4.78, 5) is 26.4. The van der Waals surface area contributed by atoms with Crippen LogP contribution in [0.15, 0.2) is 59.5 Å². The van der Waals surface area contributed by atoms with Gasteiger partial charge in [0.2, 0.25) is 5.43 Å². The van der Waals surface area contributed by atoms with Crippen molar-refractivity contribution in [3.05, 3.63) is 93.2 Å². The van der Waals surface area contributed by atoms with Gasteiger partial charge in [-0.15, -0.1) is 0 Å². The van der Waals surface area contributed by atoms with Crippen molar-refractivity contribution in [3.63, 3.8) is 0 Å². The number of aryl methyl sites for hydroxylation is 1. The molecule has 154 valence electrons. The molecule has 0 radical (unpaired) electrons. The van der Waals surface area contributed by atoms with E-state index in [0.717, 1.165) is 22.9 Å². The highest BCUT2D eigenvalue weighted by Crippen LogP contribution is 2.39. The molecule has 3 aromatic rings. The molecule has 2 atom stereocenters. The van der Waals surface area contributed by atoms with E-state index < -0.39 is 23.1 Å². The maximum Gasteiger partial charge on any atom is 0.276 e. The molecule has 0 spiro atoms. The highest BCUT2D eigenvalue weighted by Gasteiger charge is 2.39. The molecule has 1 amide bonds. The molecule has 7 heteroatoms. The number of aromatic nitrogens is 2. The van der Waals surface area contributed by atoms with Crippen molar-refractivity contribution in [2.75, 3.05) is 13.1 Å². The van der Waals surface area contributed by atoms with Gasteiger partial charge in [0, 0.05) is 19.0 Å². The average Bonchev–Trinajstić information content (AvgIpc) is 2.72. The second-order valence-electron chi connectivity index (χ2n) is 7.51. The lowest BCUT2D eigenvalue weighted by molar-refractivity contribution is 0.0645. The molecule has 2 aromatic carbocycles. The van der Waals surface area contributed by atoms with Crippen LogP contribution in [0.1, 0.15) is 46.1 Å². The van der Waals surface area contributed by atoms with E-state index in [-0.39, 0.29) is 17.4 Å². The third kappa shape index (κ3) is 3.36. The Bertz CT molecular complexity index is 1130. The van der Waals surface area contributed by atoms with Crippen LogP contribution >= 0.6 is 0 Å². The first-order valence-corrected chi connectivity index (χ1v) is 9.82. The Kier molecular flexibility index (Phi) is 5.11. The molecule has 1 unspecified atom stereocenters. The molecule has 0 saturated carbocycles.